The quantitative estimate of drug-likeness (QED) is 0.209. The van der Waals surface area contributed by atoms with Crippen LogP contribution in [-0.4, -0.2) is 29.4 Å². The molecule has 0 fully saturated rings. The lowest BCUT2D eigenvalue weighted by Crippen LogP contribution is -2.39. The molecule has 0 saturated carbocycles. The maximum atomic E-state index is 14.9. The number of rotatable bonds is 9. The molecule has 1 aliphatic rings. The fraction of sp³-hybridized carbons (Fsp3) is 0.375. The molecule has 1 amide bonds. The molecule has 7 nitrogen and oxygen atoms in total. The van der Waals surface area contributed by atoms with E-state index in [2.05, 4.69) is 17.4 Å². The zero-order chi connectivity index (χ0) is 29.1. The van der Waals surface area contributed by atoms with Crippen LogP contribution in [0.4, 0.5) is 4.79 Å². The third-order valence-corrected chi connectivity index (χ3v) is 8.43. The summed E-state index contributed by atoms with van der Waals surface area (Å²) < 4.78 is 32.7. The molecule has 0 aromatic heterocycles. The summed E-state index contributed by atoms with van der Waals surface area (Å²) in [4.78, 5) is 18.4. The van der Waals surface area contributed by atoms with Crippen LogP contribution in [0.3, 0.4) is 0 Å². The van der Waals surface area contributed by atoms with Gasteiger partial charge in [-0.3, -0.25) is 9.56 Å². The Bertz CT molecular complexity index is 1350. The Morgan fingerprint density at radius 3 is 1.75 bits per heavy atom. The molecule has 1 N–H and O–H groups in total. The van der Waals surface area contributed by atoms with Gasteiger partial charge in [0.05, 0.1) is 12.2 Å². The molecule has 0 heterocycles. The molecule has 8 heteroatoms. The van der Waals surface area contributed by atoms with Crippen LogP contribution in [0.2, 0.25) is 0 Å². The summed E-state index contributed by atoms with van der Waals surface area (Å²) in [6.07, 6.45) is -1.53. The molecule has 1 atom stereocenters. The van der Waals surface area contributed by atoms with Crippen LogP contribution in [0.25, 0.3) is 11.1 Å². The molecule has 1 aliphatic carbocycles. The van der Waals surface area contributed by atoms with E-state index in [1.165, 1.54) is 0 Å². The minimum absolute atomic E-state index is 0.114. The van der Waals surface area contributed by atoms with Crippen LogP contribution >= 0.6 is 7.60 Å². The van der Waals surface area contributed by atoms with Crippen molar-refractivity contribution in [2.24, 2.45) is 4.99 Å². The maximum absolute atomic E-state index is 14.9. The predicted octanol–water partition coefficient (Wildman–Crippen LogP) is 8.46. The lowest BCUT2D eigenvalue weighted by Gasteiger charge is -2.31. The van der Waals surface area contributed by atoms with E-state index in [0.29, 0.717) is 5.56 Å². The molecular formula is C32H39N2O5P. The highest BCUT2D eigenvalue weighted by atomic mass is 31.2. The van der Waals surface area contributed by atoms with Crippen molar-refractivity contribution in [2.75, 3.05) is 0 Å². The number of fused-ring (bicyclic) bond motifs is 3. The first-order chi connectivity index (χ1) is 18.9. The van der Waals surface area contributed by atoms with Crippen LogP contribution in [0, 0.1) is 0 Å². The SMILES string of the molecule is CC(C)OP(=O)(OC(C)C)C(=NC1c2ccccc2-c2ccccc21)C(NC(=O)OC(C)(C)C)c1ccccc1. The van der Waals surface area contributed by atoms with Gasteiger partial charge < -0.3 is 19.1 Å². The molecule has 0 bridgehead atoms. The van der Waals surface area contributed by atoms with E-state index in [1.807, 2.05) is 66.7 Å². The lowest BCUT2D eigenvalue weighted by molar-refractivity contribution is 0.0517. The average molecular weight is 563 g/mol. The van der Waals surface area contributed by atoms with Crippen molar-refractivity contribution in [1.82, 2.24) is 5.32 Å². The number of nitrogens with zero attached hydrogens (tertiary/aromatic N) is 1. The van der Waals surface area contributed by atoms with E-state index in [1.54, 1.807) is 48.5 Å². The van der Waals surface area contributed by atoms with E-state index < -0.39 is 43.6 Å². The molecule has 0 radical (unpaired) electrons. The van der Waals surface area contributed by atoms with Crippen molar-refractivity contribution in [3.8, 4) is 11.1 Å². The number of aliphatic imine (C=N–C) groups is 1. The van der Waals surface area contributed by atoms with Crippen molar-refractivity contribution in [1.29, 1.82) is 0 Å². The zero-order valence-corrected chi connectivity index (χ0v) is 25.1. The Balaban J connectivity index is 1.97. The highest BCUT2D eigenvalue weighted by Gasteiger charge is 2.43. The maximum Gasteiger partial charge on any atom is 0.408 e. The van der Waals surface area contributed by atoms with Crippen LogP contribution < -0.4 is 5.32 Å². The Hall–Kier alpha value is -3.25. The van der Waals surface area contributed by atoms with E-state index >= 15 is 0 Å². The average Bonchev–Trinajstić information content (AvgIpc) is 3.18. The van der Waals surface area contributed by atoms with E-state index in [4.69, 9.17) is 18.8 Å². The van der Waals surface area contributed by atoms with Crippen molar-refractivity contribution in [3.63, 3.8) is 0 Å². The Morgan fingerprint density at radius 1 is 0.800 bits per heavy atom. The summed E-state index contributed by atoms with van der Waals surface area (Å²) >= 11 is 0. The van der Waals surface area contributed by atoms with Crippen molar-refractivity contribution in [2.45, 2.75) is 78.4 Å². The highest BCUT2D eigenvalue weighted by molar-refractivity contribution is 7.72. The van der Waals surface area contributed by atoms with Crippen LogP contribution in [-0.2, 0) is 18.3 Å². The topological polar surface area (TPSA) is 86.2 Å². The predicted molar refractivity (Wildman–Crippen MR) is 160 cm³/mol. The number of alkyl carbamates (subject to hydrolysis) is 1. The molecule has 0 aliphatic heterocycles. The second-order valence-corrected chi connectivity index (χ2v) is 13.2. The standard InChI is InChI=1S/C32H39N2O5P/c1-21(2)38-40(36,39-22(3)4)30(28(23-15-9-8-10-16-23)34-31(35)37-32(5,6)7)33-29-26-19-13-11-17-24(26)25-18-12-14-20-27(25)29/h8-22,28-29H,1-7H3,(H,34,35). The fourth-order valence-electron chi connectivity index (χ4n) is 4.76. The minimum atomic E-state index is -4.07. The molecule has 3 aromatic rings. The second-order valence-electron chi connectivity index (χ2n) is 11.4. The van der Waals surface area contributed by atoms with E-state index in [-0.39, 0.29) is 5.45 Å². The smallest absolute Gasteiger partial charge is 0.408 e. The van der Waals surface area contributed by atoms with Gasteiger partial charge >= 0.3 is 13.7 Å². The Morgan fingerprint density at radius 2 is 1.27 bits per heavy atom. The first-order valence-electron chi connectivity index (χ1n) is 13.7. The van der Waals surface area contributed by atoms with Gasteiger partial charge in [-0.15, -0.1) is 0 Å². The summed E-state index contributed by atoms with van der Waals surface area (Å²) in [6.45, 7) is 12.6. The first kappa shape index (κ1) is 29.7. The zero-order valence-electron chi connectivity index (χ0n) is 24.3. The summed E-state index contributed by atoms with van der Waals surface area (Å²) in [7, 11) is -4.07. The van der Waals surface area contributed by atoms with Gasteiger partial charge in [0.1, 0.15) is 17.7 Å². The Labute approximate surface area is 237 Å². The molecule has 1 unspecified atom stereocenters. The van der Waals surface area contributed by atoms with Crippen LogP contribution in [0.1, 0.15) is 77.2 Å². The van der Waals surface area contributed by atoms with Gasteiger partial charge in [0.2, 0.25) is 0 Å². The number of carbonyl (C=O) groups excluding carboxylic acids is 1. The number of nitrogens with one attached hydrogen (secondary N) is 1. The number of carbonyl (C=O) groups is 1. The normalized spacial score (nSPS) is 14.7. The largest absolute Gasteiger partial charge is 0.444 e. The fourth-order valence-corrected chi connectivity index (χ4v) is 6.92. The third kappa shape index (κ3) is 6.90. The summed E-state index contributed by atoms with van der Waals surface area (Å²) in [5, 5.41) is 2.94. The van der Waals surface area contributed by atoms with Crippen molar-refractivity contribution in [3.05, 3.63) is 95.6 Å². The van der Waals surface area contributed by atoms with Gasteiger partial charge in [0.15, 0.2) is 5.45 Å². The summed E-state index contributed by atoms with van der Waals surface area (Å²) in [5.41, 5.74) is 4.13. The Kier molecular flexibility index (Phi) is 8.99. The van der Waals surface area contributed by atoms with Gasteiger partial charge in [-0.25, -0.2) is 4.79 Å². The molecule has 212 valence electrons. The van der Waals surface area contributed by atoms with Crippen molar-refractivity contribution >= 4 is 19.1 Å². The molecule has 0 spiro atoms. The van der Waals surface area contributed by atoms with Gasteiger partial charge in [0, 0.05) is 0 Å². The number of ether oxygens (including phenoxy) is 1. The van der Waals surface area contributed by atoms with Gasteiger partial charge in [-0.05, 0) is 76.3 Å². The molecule has 4 rings (SSSR count). The van der Waals surface area contributed by atoms with Crippen LogP contribution in [0.15, 0.2) is 83.9 Å². The third-order valence-electron chi connectivity index (χ3n) is 6.09. The lowest BCUT2D eigenvalue weighted by atomic mass is 10.0. The molecule has 3 aromatic carbocycles. The van der Waals surface area contributed by atoms with Gasteiger partial charge in [-0.1, -0.05) is 78.9 Å². The van der Waals surface area contributed by atoms with E-state index in [9.17, 15) is 9.36 Å². The van der Waals surface area contributed by atoms with Gasteiger partial charge in [-0.2, -0.15) is 0 Å². The highest BCUT2D eigenvalue weighted by Crippen LogP contribution is 2.57. The molecule has 40 heavy (non-hydrogen) atoms. The van der Waals surface area contributed by atoms with E-state index in [0.717, 1.165) is 22.3 Å². The first-order valence-corrected chi connectivity index (χ1v) is 15.2. The summed E-state index contributed by atoms with van der Waals surface area (Å²) in [5.74, 6) is 0. The van der Waals surface area contributed by atoms with Crippen LogP contribution in [0.5, 0.6) is 0 Å². The number of hydrogen-bond acceptors (Lipinski definition) is 6. The summed E-state index contributed by atoms with van der Waals surface area (Å²) in [6, 6.07) is 24.0. The van der Waals surface area contributed by atoms with Gasteiger partial charge in [0.25, 0.3) is 0 Å². The van der Waals surface area contributed by atoms with Crippen molar-refractivity contribution < 1.29 is 23.1 Å². The number of benzene rings is 3. The number of amides is 1. The second kappa shape index (κ2) is 12.1. The minimum Gasteiger partial charge on any atom is -0.444 e. The molecular weight excluding hydrogens is 523 g/mol. The monoisotopic (exact) mass is 562 g/mol. The molecule has 0 saturated heterocycles. The number of hydrogen-bond donors (Lipinski definition) is 1.